The summed E-state index contributed by atoms with van der Waals surface area (Å²) in [6.07, 6.45) is 2.67. The van der Waals surface area contributed by atoms with Crippen molar-refractivity contribution in [1.82, 2.24) is 25.4 Å². The molecular weight excluding hydrogens is 332 g/mol. The lowest BCUT2D eigenvalue weighted by Gasteiger charge is -2.14. The molecule has 6 nitrogen and oxygen atoms in total. The van der Waals surface area contributed by atoms with Gasteiger partial charge in [0, 0.05) is 36.2 Å². The molecule has 0 saturated carbocycles. The molecule has 1 atom stereocenters. The molecule has 0 bridgehead atoms. The van der Waals surface area contributed by atoms with Gasteiger partial charge in [-0.3, -0.25) is 4.99 Å². The molecule has 0 aliphatic carbocycles. The third-order valence-electron chi connectivity index (χ3n) is 3.59. The van der Waals surface area contributed by atoms with E-state index in [1.165, 1.54) is 4.90 Å². The zero-order valence-electron chi connectivity index (χ0n) is 15.3. The summed E-state index contributed by atoms with van der Waals surface area (Å²) in [7, 11) is 0. The Labute approximate surface area is 154 Å². The molecule has 2 N–H and O–H groups in total. The van der Waals surface area contributed by atoms with E-state index in [1.807, 2.05) is 17.8 Å². The van der Waals surface area contributed by atoms with Crippen molar-refractivity contribution in [2.45, 2.75) is 43.9 Å². The maximum absolute atomic E-state index is 4.70. The third-order valence-corrected chi connectivity index (χ3v) is 4.68. The van der Waals surface area contributed by atoms with Crippen LogP contribution in [-0.4, -0.2) is 45.6 Å². The topological polar surface area (TPSA) is 67.1 Å². The first kappa shape index (κ1) is 19.3. The van der Waals surface area contributed by atoms with Crippen LogP contribution in [0.5, 0.6) is 0 Å². The first-order chi connectivity index (χ1) is 12.2. The van der Waals surface area contributed by atoms with Gasteiger partial charge in [-0.05, 0) is 19.1 Å². The van der Waals surface area contributed by atoms with Crippen molar-refractivity contribution in [3.05, 3.63) is 42.5 Å². The Balaban J connectivity index is 1.81. The summed E-state index contributed by atoms with van der Waals surface area (Å²) in [5.41, 5.74) is 0. The summed E-state index contributed by atoms with van der Waals surface area (Å²) in [4.78, 5) is 5.98. The molecule has 0 radical (unpaired) electrons. The lowest BCUT2D eigenvalue weighted by Crippen LogP contribution is -2.39. The number of thioether (sulfide) groups is 1. The van der Waals surface area contributed by atoms with Crippen LogP contribution in [-0.2, 0) is 13.0 Å². The molecule has 1 aromatic heterocycles. The van der Waals surface area contributed by atoms with Crippen molar-refractivity contribution in [1.29, 1.82) is 0 Å². The molecule has 0 saturated heterocycles. The summed E-state index contributed by atoms with van der Waals surface area (Å²) < 4.78 is 2.07. The van der Waals surface area contributed by atoms with Crippen LogP contribution >= 0.6 is 11.8 Å². The van der Waals surface area contributed by atoms with Gasteiger partial charge < -0.3 is 15.2 Å². The molecule has 0 aliphatic heterocycles. The lowest BCUT2D eigenvalue weighted by molar-refractivity contribution is 0.632. The fourth-order valence-electron chi connectivity index (χ4n) is 2.36. The number of rotatable bonds is 9. The molecule has 0 amide bonds. The van der Waals surface area contributed by atoms with Crippen molar-refractivity contribution < 1.29 is 0 Å². The van der Waals surface area contributed by atoms with Gasteiger partial charge in [0.15, 0.2) is 5.96 Å². The molecule has 0 spiro atoms. The highest BCUT2D eigenvalue weighted by atomic mass is 32.2. The van der Waals surface area contributed by atoms with Crippen LogP contribution in [0.1, 0.15) is 26.6 Å². The number of guanidine groups is 1. The molecule has 0 aliphatic rings. The second-order valence-corrected chi connectivity index (χ2v) is 7.19. The van der Waals surface area contributed by atoms with E-state index in [9.17, 15) is 0 Å². The highest BCUT2D eigenvalue weighted by Crippen LogP contribution is 2.22. The minimum absolute atomic E-state index is 0.419. The van der Waals surface area contributed by atoms with E-state index in [0.29, 0.717) is 5.25 Å². The van der Waals surface area contributed by atoms with Crippen molar-refractivity contribution in [3.63, 3.8) is 0 Å². The molecule has 136 valence electrons. The first-order valence-electron chi connectivity index (χ1n) is 8.83. The summed E-state index contributed by atoms with van der Waals surface area (Å²) >= 11 is 1.85. The van der Waals surface area contributed by atoms with E-state index in [-0.39, 0.29) is 0 Å². The molecule has 1 aromatic carbocycles. The van der Waals surface area contributed by atoms with Crippen molar-refractivity contribution in [2.24, 2.45) is 4.99 Å². The average molecular weight is 361 g/mol. The number of nitrogens with one attached hydrogen (secondary N) is 2. The molecular formula is C18H28N6S. The predicted octanol–water partition coefficient (Wildman–Crippen LogP) is 2.58. The zero-order chi connectivity index (χ0) is 17.9. The standard InChI is InChI=1S/C18H28N6S/c1-4-17-23-22-14-24(17)12-11-20-18(19-5-2)21-13-15(3)25-16-9-7-6-8-10-16/h6-10,14-15H,4-5,11-13H2,1-3H3,(H2,19,20,21). The third kappa shape index (κ3) is 6.78. The maximum atomic E-state index is 4.70. The zero-order valence-corrected chi connectivity index (χ0v) is 16.1. The fraction of sp³-hybridized carbons (Fsp3) is 0.500. The van der Waals surface area contributed by atoms with Crippen LogP contribution in [0.25, 0.3) is 0 Å². The summed E-state index contributed by atoms with van der Waals surface area (Å²) in [5.74, 6) is 1.87. The smallest absolute Gasteiger partial charge is 0.191 e. The van der Waals surface area contributed by atoms with Gasteiger partial charge in [-0.1, -0.05) is 32.0 Å². The number of benzene rings is 1. The normalized spacial score (nSPS) is 12.8. The van der Waals surface area contributed by atoms with E-state index in [2.05, 4.69) is 70.4 Å². The van der Waals surface area contributed by atoms with E-state index in [0.717, 1.165) is 44.4 Å². The van der Waals surface area contributed by atoms with Crippen LogP contribution < -0.4 is 10.6 Å². The van der Waals surface area contributed by atoms with Gasteiger partial charge in [-0.25, -0.2) is 0 Å². The largest absolute Gasteiger partial charge is 0.357 e. The van der Waals surface area contributed by atoms with Crippen LogP contribution in [0.2, 0.25) is 0 Å². The van der Waals surface area contributed by atoms with Crippen molar-refractivity contribution in [2.75, 3.05) is 19.6 Å². The first-order valence-corrected chi connectivity index (χ1v) is 9.71. The number of nitrogens with zero attached hydrogens (tertiary/aromatic N) is 4. The van der Waals surface area contributed by atoms with Crippen molar-refractivity contribution >= 4 is 17.7 Å². The Morgan fingerprint density at radius 2 is 2.04 bits per heavy atom. The number of hydrogen-bond donors (Lipinski definition) is 2. The molecule has 25 heavy (non-hydrogen) atoms. The minimum atomic E-state index is 0.419. The number of aromatic nitrogens is 3. The molecule has 0 fully saturated rings. The highest BCUT2D eigenvalue weighted by Gasteiger charge is 2.05. The molecule has 1 unspecified atom stereocenters. The van der Waals surface area contributed by atoms with Crippen LogP contribution in [0.3, 0.4) is 0 Å². The van der Waals surface area contributed by atoms with Gasteiger partial charge in [-0.2, -0.15) is 0 Å². The predicted molar refractivity (Wildman–Crippen MR) is 105 cm³/mol. The molecule has 2 rings (SSSR count). The van der Waals surface area contributed by atoms with Gasteiger partial charge in [0.1, 0.15) is 12.2 Å². The second-order valence-electron chi connectivity index (χ2n) is 5.68. The van der Waals surface area contributed by atoms with Gasteiger partial charge >= 0.3 is 0 Å². The van der Waals surface area contributed by atoms with Gasteiger partial charge in [0.25, 0.3) is 0 Å². The summed E-state index contributed by atoms with van der Waals surface area (Å²) in [6, 6.07) is 10.5. The van der Waals surface area contributed by atoms with Gasteiger partial charge in [0.2, 0.25) is 0 Å². The molecule has 2 aromatic rings. The Morgan fingerprint density at radius 1 is 1.24 bits per heavy atom. The van der Waals surface area contributed by atoms with Crippen LogP contribution in [0.4, 0.5) is 0 Å². The fourth-order valence-corrected chi connectivity index (χ4v) is 3.29. The number of aryl methyl sites for hydroxylation is 1. The van der Waals surface area contributed by atoms with Crippen LogP contribution in [0.15, 0.2) is 46.5 Å². The van der Waals surface area contributed by atoms with E-state index < -0.39 is 0 Å². The van der Waals surface area contributed by atoms with Gasteiger partial charge in [0.05, 0.1) is 6.54 Å². The molecule has 1 heterocycles. The second kappa shape index (κ2) is 10.8. The summed E-state index contributed by atoms with van der Waals surface area (Å²) in [5, 5.41) is 15.2. The number of aliphatic imine (C=N–C) groups is 1. The molecule has 7 heteroatoms. The maximum Gasteiger partial charge on any atom is 0.191 e. The Hall–Kier alpha value is -2.02. The minimum Gasteiger partial charge on any atom is -0.357 e. The average Bonchev–Trinajstić information content (AvgIpc) is 3.08. The Kier molecular flexibility index (Phi) is 8.31. The van der Waals surface area contributed by atoms with Crippen LogP contribution in [0, 0.1) is 0 Å². The van der Waals surface area contributed by atoms with Crippen molar-refractivity contribution in [3.8, 4) is 0 Å². The van der Waals surface area contributed by atoms with E-state index >= 15 is 0 Å². The Bertz CT molecular complexity index is 640. The number of hydrogen-bond acceptors (Lipinski definition) is 4. The highest BCUT2D eigenvalue weighted by molar-refractivity contribution is 8.00. The SMILES string of the molecule is CCNC(=NCC(C)Sc1ccccc1)NCCn1cnnc1CC. The quantitative estimate of drug-likeness (QED) is 0.409. The monoisotopic (exact) mass is 360 g/mol. The van der Waals surface area contributed by atoms with Gasteiger partial charge in [-0.15, -0.1) is 22.0 Å². The lowest BCUT2D eigenvalue weighted by atomic mass is 10.4. The Morgan fingerprint density at radius 3 is 2.76 bits per heavy atom. The summed E-state index contributed by atoms with van der Waals surface area (Å²) in [6.45, 7) is 9.60. The van der Waals surface area contributed by atoms with E-state index in [1.54, 1.807) is 6.33 Å². The van der Waals surface area contributed by atoms with E-state index in [4.69, 9.17) is 4.99 Å².